The molecule has 1 atom stereocenters. The van der Waals surface area contributed by atoms with Crippen LogP contribution in [0, 0.1) is 0 Å². The van der Waals surface area contributed by atoms with Crippen molar-refractivity contribution in [3.05, 3.63) is 59.0 Å². The lowest BCUT2D eigenvalue weighted by molar-refractivity contribution is -0.144. The lowest BCUT2D eigenvalue weighted by atomic mass is 9.92. The molecule has 2 rings (SSSR count). The topological polar surface area (TPSA) is 79.5 Å². The fourth-order valence-corrected chi connectivity index (χ4v) is 1.89. The number of carbonyl (C=O) groups is 2. The molecule has 0 bridgehead atoms. The van der Waals surface area contributed by atoms with Gasteiger partial charge in [0.15, 0.2) is 16.5 Å². The fraction of sp³-hybridized carbons (Fsp3) is 0.143. The number of carboxylic acid groups (broad SMARTS) is 1. The average Bonchev–Trinajstić information content (AvgIpc) is 2.86. The number of rotatable bonds is 4. The van der Waals surface area contributed by atoms with Gasteiger partial charge in [-0.15, -0.1) is 0 Å². The number of amides is 1. The standard InChI is InChI=1S/C14H12ClNO4/c1-14(13(18)19,9-5-3-2-4-6-9)16-12(17)10-7-8-11(15)20-10/h2-8H,1H3,(H,16,17)(H,18,19). The van der Waals surface area contributed by atoms with Crippen molar-refractivity contribution in [1.29, 1.82) is 0 Å². The molecule has 0 fully saturated rings. The van der Waals surface area contributed by atoms with Crippen LogP contribution in [-0.2, 0) is 10.3 Å². The van der Waals surface area contributed by atoms with Crippen LogP contribution >= 0.6 is 11.6 Å². The first kappa shape index (κ1) is 14.1. The Hall–Kier alpha value is -2.27. The second kappa shape index (κ2) is 5.38. The summed E-state index contributed by atoms with van der Waals surface area (Å²) >= 11 is 5.59. The quantitative estimate of drug-likeness (QED) is 0.908. The molecule has 0 aliphatic carbocycles. The van der Waals surface area contributed by atoms with Crippen LogP contribution < -0.4 is 5.32 Å². The lowest BCUT2D eigenvalue weighted by Gasteiger charge is -2.26. The van der Waals surface area contributed by atoms with E-state index < -0.39 is 17.4 Å². The number of nitrogens with one attached hydrogen (secondary N) is 1. The van der Waals surface area contributed by atoms with E-state index in [1.165, 1.54) is 19.1 Å². The fourth-order valence-electron chi connectivity index (χ4n) is 1.75. The number of halogens is 1. The summed E-state index contributed by atoms with van der Waals surface area (Å²) in [6, 6.07) is 11.2. The molecule has 1 heterocycles. The van der Waals surface area contributed by atoms with Crippen molar-refractivity contribution in [2.24, 2.45) is 0 Å². The van der Waals surface area contributed by atoms with Gasteiger partial charge in [-0.3, -0.25) is 4.79 Å². The van der Waals surface area contributed by atoms with Crippen LogP contribution in [0.4, 0.5) is 0 Å². The van der Waals surface area contributed by atoms with E-state index in [2.05, 4.69) is 5.32 Å². The van der Waals surface area contributed by atoms with Crippen LogP contribution in [0.2, 0.25) is 5.22 Å². The number of carbonyl (C=O) groups excluding carboxylic acids is 1. The molecule has 20 heavy (non-hydrogen) atoms. The maximum Gasteiger partial charge on any atom is 0.333 e. The van der Waals surface area contributed by atoms with Crippen LogP contribution in [0.25, 0.3) is 0 Å². The molecule has 0 radical (unpaired) electrons. The van der Waals surface area contributed by atoms with Gasteiger partial charge < -0.3 is 14.8 Å². The maximum atomic E-state index is 12.0. The van der Waals surface area contributed by atoms with Gasteiger partial charge in [-0.2, -0.15) is 0 Å². The van der Waals surface area contributed by atoms with Crippen LogP contribution in [0.5, 0.6) is 0 Å². The second-order valence-corrected chi connectivity index (χ2v) is 4.73. The van der Waals surface area contributed by atoms with Crippen molar-refractivity contribution in [3.8, 4) is 0 Å². The van der Waals surface area contributed by atoms with Gasteiger partial charge in [0.25, 0.3) is 5.91 Å². The summed E-state index contributed by atoms with van der Waals surface area (Å²) < 4.78 is 4.97. The number of carboxylic acids is 1. The second-order valence-electron chi connectivity index (χ2n) is 4.35. The molecule has 0 spiro atoms. The van der Waals surface area contributed by atoms with E-state index in [-0.39, 0.29) is 11.0 Å². The van der Waals surface area contributed by atoms with Gasteiger partial charge in [0.1, 0.15) is 0 Å². The number of furan rings is 1. The predicted molar refractivity (Wildman–Crippen MR) is 72.6 cm³/mol. The van der Waals surface area contributed by atoms with E-state index >= 15 is 0 Å². The highest BCUT2D eigenvalue weighted by atomic mass is 35.5. The third-order valence-electron chi connectivity index (χ3n) is 2.94. The summed E-state index contributed by atoms with van der Waals surface area (Å²) in [5.74, 6) is -1.86. The molecule has 6 heteroatoms. The summed E-state index contributed by atoms with van der Waals surface area (Å²) in [5, 5.41) is 11.9. The molecule has 0 aliphatic heterocycles. The Kier molecular flexibility index (Phi) is 3.81. The Bertz CT molecular complexity index is 638. The van der Waals surface area contributed by atoms with Crippen LogP contribution in [0.15, 0.2) is 46.9 Å². The molecular weight excluding hydrogens is 282 g/mol. The van der Waals surface area contributed by atoms with Crippen LogP contribution in [0.1, 0.15) is 23.0 Å². The molecule has 1 unspecified atom stereocenters. The van der Waals surface area contributed by atoms with Gasteiger partial charge in [-0.25, -0.2) is 4.79 Å². The normalized spacial score (nSPS) is 13.5. The first-order valence-electron chi connectivity index (χ1n) is 5.80. The SMILES string of the molecule is CC(NC(=O)c1ccc(Cl)o1)(C(=O)O)c1ccccc1. The van der Waals surface area contributed by atoms with Gasteiger partial charge in [0.05, 0.1) is 0 Å². The largest absolute Gasteiger partial charge is 0.479 e. The zero-order valence-corrected chi connectivity index (χ0v) is 11.3. The third kappa shape index (κ3) is 2.67. The highest BCUT2D eigenvalue weighted by molar-refractivity contribution is 6.29. The van der Waals surface area contributed by atoms with Crippen molar-refractivity contribution in [3.63, 3.8) is 0 Å². The zero-order valence-electron chi connectivity index (χ0n) is 10.6. The van der Waals surface area contributed by atoms with Crippen molar-refractivity contribution in [1.82, 2.24) is 5.32 Å². The van der Waals surface area contributed by atoms with Gasteiger partial charge >= 0.3 is 5.97 Å². The monoisotopic (exact) mass is 293 g/mol. The summed E-state index contributed by atoms with van der Waals surface area (Å²) in [4.78, 5) is 23.5. The van der Waals surface area contributed by atoms with Gasteiger partial charge in [0, 0.05) is 0 Å². The molecule has 104 valence electrons. The van der Waals surface area contributed by atoms with E-state index in [9.17, 15) is 14.7 Å². The molecule has 2 N–H and O–H groups in total. The van der Waals surface area contributed by atoms with Crippen molar-refractivity contribution in [2.75, 3.05) is 0 Å². The third-order valence-corrected chi connectivity index (χ3v) is 3.14. The van der Waals surface area contributed by atoms with Gasteiger partial charge in [-0.1, -0.05) is 30.3 Å². The number of benzene rings is 1. The Morgan fingerprint density at radius 3 is 2.35 bits per heavy atom. The molecule has 0 aliphatic rings. The molecule has 0 saturated carbocycles. The average molecular weight is 294 g/mol. The minimum atomic E-state index is -1.56. The molecular formula is C14H12ClNO4. The van der Waals surface area contributed by atoms with E-state index in [1.54, 1.807) is 30.3 Å². The Morgan fingerprint density at radius 2 is 1.85 bits per heavy atom. The van der Waals surface area contributed by atoms with E-state index in [0.29, 0.717) is 5.56 Å². The van der Waals surface area contributed by atoms with E-state index in [0.717, 1.165) is 0 Å². The predicted octanol–water partition coefficient (Wildman–Crippen LogP) is 2.66. The molecule has 2 aromatic rings. The smallest absolute Gasteiger partial charge is 0.333 e. The zero-order chi connectivity index (χ0) is 14.8. The lowest BCUT2D eigenvalue weighted by Crippen LogP contribution is -2.49. The molecule has 0 saturated heterocycles. The van der Waals surface area contributed by atoms with Gasteiger partial charge in [0.2, 0.25) is 0 Å². The van der Waals surface area contributed by atoms with Crippen LogP contribution in [0.3, 0.4) is 0 Å². The Balaban J connectivity index is 2.31. The van der Waals surface area contributed by atoms with E-state index in [1.807, 2.05) is 0 Å². The van der Waals surface area contributed by atoms with Gasteiger partial charge in [-0.05, 0) is 36.2 Å². The van der Waals surface area contributed by atoms with Crippen molar-refractivity contribution in [2.45, 2.75) is 12.5 Å². The number of hydrogen-bond donors (Lipinski definition) is 2. The first-order valence-corrected chi connectivity index (χ1v) is 6.18. The summed E-state index contributed by atoms with van der Waals surface area (Å²) in [5.41, 5.74) is -1.10. The first-order chi connectivity index (χ1) is 9.43. The van der Waals surface area contributed by atoms with Crippen LogP contribution in [-0.4, -0.2) is 17.0 Å². The van der Waals surface area contributed by atoms with Crippen molar-refractivity contribution >= 4 is 23.5 Å². The Morgan fingerprint density at radius 1 is 1.20 bits per heavy atom. The summed E-state index contributed by atoms with van der Waals surface area (Å²) in [6.07, 6.45) is 0. The summed E-state index contributed by atoms with van der Waals surface area (Å²) in [6.45, 7) is 1.41. The molecule has 1 aromatic heterocycles. The molecule has 1 amide bonds. The number of hydrogen-bond acceptors (Lipinski definition) is 3. The van der Waals surface area contributed by atoms with Crippen molar-refractivity contribution < 1.29 is 19.1 Å². The molecule has 5 nitrogen and oxygen atoms in total. The Labute approximate surface area is 120 Å². The molecule has 1 aromatic carbocycles. The maximum absolute atomic E-state index is 12.0. The highest BCUT2D eigenvalue weighted by Crippen LogP contribution is 2.22. The number of aliphatic carboxylic acids is 1. The minimum Gasteiger partial charge on any atom is -0.479 e. The highest BCUT2D eigenvalue weighted by Gasteiger charge is 2.37. The van der Waals surface area contributed by atoms with E-state index in [4.69, 9.17) is 16.0 Å². The summed E-state index contributed by atoms with van der Waals surface area (Å²) in [7, 11) is 0. The minimum absolute atomic E-state index is 0.0431.